The van der Waals surface area contributed by atoms with Crippen LogP contribution in [0, 0.1) is 0 Å². The Labute approximate surface area is 289 Å². The van der Waals surface area contributed by atoms with Crippen LogP contribution in [0.5, 0.6) is 34.5 Å². The molecular weight excluding hydrogens is 638 g/mol. The van der Waals surface area contributed by atoms with E-state index in [9.17, 15) is 19.8 Å². The highest BCUT2D eigenvalue weighted by molar-refractivity contribution is 6.02. The Kier molecular flexibility index (Phi) is 8.00. The molecule has 0 fully saturated rings. The Morgan fingerprint density at radius 2 is 1.56 bits per heavy atom. The largest absolute Gasteiger partial charge is 0.507 e. The molecule has 10 heteroatoms. The number of aromatic nitrogens is 1. The summed E-state index contributed by atoms with van der Waals surface area (Å²) in [4.78, 5) is 31.1. The van der Waals surface area contributed by atoms with E-state index in [1.807, 2.05) is 41.5 Å². The maximum absolute atomic E-state index is 14.2. The van der Waals surface area contributed by atoms with Crippen LogP contribution in [-0.2, 0) is 10.8 Å². The second-order valence-corrected chi connectivity index (χ2v) is 14.6. The lowest BCUT2D eigenvalue weighted by molar-refractivity contribution is 0.0741. The molecule has 1 aliphatic heterocycles. The number of phenolic OH excluding ortho intramolecular Hbond substituents is 2. The fourth-order valence-electron chi connectivity index (χ4n) is 7.19. The first-order valence-electron chi connectivity index (χ1n) is 16.3. The van der Waals surface area contributed by atoms with Crippen LogP contribution in [0.25, 0.3) is 32.8 Å². The number of rotatable bonds is 8. The van der Waals surface area contributed by atoms with Gasteiger partial charge in [0.15, 0.2) is 11.5 Å². The highest BCUT2D eigenvalue weighted by Crippen LogP contribution is 2.57. The summed E-state index contributed by atoms with van der Waals surface area (Å²) in [5.41, 5.74) is -0.852. The first-order valence-corrected chi connectivity index (χ1v) is 16.3. The number of aromatic hydroxyl groups is 2. The lowest BCUT2D eigenvalue weighted by Gasteiger charge is -2.41. The van der Waals surface area contributed by atoms with Crippen molar-refractivity contribution in [2.24, 2.45) is 0 Å². The van der Waals surface area contributed by atoms with Crippen molar-refractivity contribution in [2.45, 2.75) is 70.3 Å². The SMILES string of the molecule is C=CC(C)(C)c1cc2c(O)c3c(c(C(C)(C)C=C)c2oc1=O)OC(C)(C)C[C@H]3c1c(OC)cc(O)c2c(=O)c3ccc(OC)c(OC)c3[nH]c12. The molecule has 0 amide bonds. The van der Waals surface area contributed by atoms with Gasteiger partial charge in [-0.3, -0.25) is 4.79 Å². The molecule has 0 saturated carbocycles. The monoisotopic (exact) mass is 681 g/mol. The topological polar surface area (TPSA) is 140 Å². The van der Waals surface area contributed by atoms with Crippen LogP contribution < -0.4 is 30.0 Å². The molecule has 0 saturated heterocycles. The van der Waals surface area contributed by atoms with Crippen LogP contribution in [0.2, 0.25) is 0 Å². The van der Waals surface area contributed by atoms with Crippen molar-refractivity contribution < 1.29 is 33.6 Å². The summed E-state index contributed by atoms with van der Waals surface area (Å²) in [5, 5.41) is 24.3. The van der Waals surface area contributed by atoms with Crippen molar-refractivity contribution >= 4 is 32.8 Å². The molecule has 0 unspecified atom stereocenters. The quantitative estimate of drug-likeness (QED) is 0.0849. The van der Waals surface area contributed by atoms with Gasteiger partial charge in [-0.15, -0.1) is 13.2 Å². The van der Waals surface area contributed by atoms with E-state index >= 15 is 0 Å². The van der Waals surface area contributed by atoms with Gasteiger partial charge in [-0.25, -0.2) is 4.79 Å². The van der Waals surface area contributed by atoms with Crippen LogP contribution >= 0.6 is 0 Å². The van der Waals surface area contributed by atoms with Crippen molar-refractivity contribution in [1.29, 1.82) is 0 Å². The zero-order valence-electron chi connectivity index (χ0n) is 29.9. The number of benzene rings is 3. The number of allylic oxidation sites excluding steroid dienone is 2. The third-order valence-corrected chi connectivity index (χ3v) is 10.1. The summed E-state index contributed by atoms with van der Waals surface area (Å²) in [5.74, 6) is 0.197. The summed E-state index contributed by atoms with van der Waals surface area (Å²) in [6.07, 6.45) is 3.71. The van der Waals surface area contributed by atoms with E-state index in [1.165, 1.54) is 27.4 Å². The molecule has 1 atom stereocenters. The van der Waals surface area contributed by atoms with E-state index in [2.05, 4.69) is 18.1 Å². The Balaban J connectivity index is 1.85. The molecule has 3 heterocycles. The van der Waals surface area contributed by atoms with Gasteiger partial charge in [0, 0.05) is 45.1 Å². The molecule has 10 nitrogen and oxygen atoms in total. The van der Waals surface area contributed by atoms with Crippen LogP contribution in [0.4, 0.5) is 0 Å². The molecule has 6 rings (SSSR count). The van der Waals surface area contributed by atoms with Crippen LogP contribution in [0.1, 0.15) is 76.1 Å². The number of phenols is 2. The number of hydrogen-bond donors (Lipinski definition) is 3. The van der Waals surface area contributed by atoms with Crippen LogP contribution in [-0.4, -0.2) is 42.1 Å². The van der Waals surface area contributed by atoms with Gasteiger partial charge < -0.3 is 38.6 Å². The summed E-state index contributed by atoms with van der Waals surface area (Å²) in [6, 6.07) is 6.31. The minimum atomic E-state index is -0.845. The molecule has 0 radical (unpaired) electrons. The predicted molar refractivity (Wildman–Crippen MR) is 195 cm³/mol. The van der Waals surface area contributed by atoms with Crippen molar-refractivity contribution in [3.8, 4) is 34.5 Å². The highest BCUT2D eigenvalue weighted by Gasteiger charge is 2.44. The fourth-order valence-corrected chi connectivity index (χ4v) is 7.19. The molecule has 262 valence electrons. The van der Waals surface area contributed by atoms with Gasteiger partial charge in [-0.05, 0) is 38.5 Å². The van der Waals surface area contributed by atoms with E-state index in [1.54, 1.807) is 30.4 Å². The second-order valence-electron chi connectivity index (χ2n) is 14.6. The summed E-state index contributed by atoms with van der Waals surface area (Å²) in [6.45, 7) is 19.4. The van der Waals surface area contributed by atoms with Crippen LogP contribution in [0.3, 0.4) is 0 Å². The van der Waals surface area contributed by atoms with Gasteiger partial charge >= 0.3 is 5.63 Å². The zero-order chi connectivity index (χ0) is 36.7. The van der Waals surface area contributed by atoms with Gasteiger partial charge in [0.05, 0.1) is 48.5 Å². The van der Waals surface area contributed by atoms with Gasteiger partial charge in [0.2, 0.25) is 5.43 Å². The smallest absolute Gasteiger partial charge is 0.340 e. The van der Waals surface area contributed by atoms with Crippen molar-refractivity contribution in [3.63, 3.8) is 0 Å². The Bertz CT molecular complexity index is 2380. The van der Waals surface area contributed by atoms with Crippen LogP contribution in [0.15, 0.2) is 63.6 Å². The number of pyridine rings is 1. The fraction of sp³-hybridized carbons (Fsp3) is 0.350. The molecular formula is C40H43NO9. The third kappa shape index (κ3) is 4.99. The number of methoxy groups -OCH3 is 3. The van der Waals surface area contributed by atoms with Gasteiger partial charge in [0.25, 0.3) is 0 Å². The lowest BCUT2D eigenvalue weighted by atomic mass is 9.73. The molecule has 0 bridgehead atoms. The summed E-state index contributed by atoms with van der Waals surface area (Å²) < 4.78 is 30.0. The first kappa shape index (κ1) is 34.5. The second kappa shape index (κ2) is 11.6. The van der Waals surface area contributed by atoms with Gasteiger partial charge in [0.1, 0.15) is 34.2 Å². The van der Waals surface area contributed by atoms with E-state index in [-0.39, 0.29) is 39.1 Å². The molecule has 2 aromatic heterocycles. The maximum Gasteiger partial charge on any atom is 0.340 e. The van der Waals surface area contributed by atoms with E-state index in [0.29, 0.717) is 56.8 Å². The predicted octanol–water partition coefficient (Wildman–Crippen LogP) is 7.84. The molecule has 3 N–H and O–H groups in total. The molecule has 50 heavy (non-hydrogen) atoms. The van der Waals surface area contributed by atoms with Gasteiger partial charge in [-0.1, -0.05) is 39.8 Å². The standard InChI is InChI=1S/C40H43NO9/c1-12-38(3,4)22-16-20-33(44)27-21(18-40(7,8)50-36(27)29(39(5,6)13-2)34(20)49-37(22)45)26-25(47-10)17-23(42)28-31(26)41-30-19(32(28)43)14-15-24(46-9)35(30)48-11/h12-17,21,42,44H,1-2,18H2,3-11H3,(H,41,43)/t21-/m0/s1. The van der Waals surface area contributed by atoms with Crippen molar-refractivity contribution in [1.82, 2.24) is 4.98 Å². The normalized spacial score (nSPS) is 15.8. The van der Waals surface area contributed by atoms with E-state index < -0.39 is 33.4 Å². The summed E-state index contributed by atoms with van der Waals surface area (Å²) in [7, 11) is 4.46. The van der Waals surface area contributed by atoms with Crippen molar-refractivity contribution in [2.75, 3.05) is 21.3 Å². The number of hydrogen-bond acceptors (Lipinski definition) is 9. The minimum absolute atomic E-state index is 0.0410. The average Bonchev–Trinajstić information content (AvgIpc) is 3.06. The molecule has 0 spiro atoms. The number of H-pyrrole nitrogens is 1. The lowest BCUT2D eigenvalue weighted by Crippen LogP contribution is -2.37. The number of ether oxygens (including phenoxy) is 4. The van der Waals surface area contributed by atoms with Crippen molar-refractivity contribution in [3.05, 3.63) is 92.5 Å². The molecule has 0 aliphatic carbocycles. The van der Waals surface area contributed by atoms with E-state index in [4.69, 9.17) is 23.4 Å². The number of nitrogens with one attached hydrogen (secondary N) is 1. The molecule has 3 aromatic carbocycles. The first-order chi connectivity index (χ1) is 23.5. The zero-order valence-corrected chi connectivity index (χ0v) is 29.9. The molecule has 5 aromatic rings. The van der Waals surface area contributed by atoms with E-state index in [0.717, 1.165) is 0 Å². The van der Waals surface area contributed by atoms with Gasteiger partial charge in [-0.2, -0.15) is 0 Å². The Morgan fingerprint density at radius 1 is 0.900 bits per heavy atom. The Hall–Kier alpha value is -5.38. The Morgan fingerprint density at radius 3 is 2.16 bits per heavy atom. The number of aromatic amines is 1. The molecule has 1 aliphatic rings. The average molecular weight is 682 g/mol. The maximum atomic E-state index is 14.2. The minimum Gasteiger partial charge on any atom is -0.507 e. The third-order valence-electron chi connectivity index (χ3n) is 10.1. The summed E-state index contributed by atoms with van der Waals surface area (Å²) >= 11 is 0. The number of fused-ring (bicyclic) bond motifs is 4. The highest BCUT2D eigenvalue weighted by atomic mass is 16.5.